The number of hydrogen-bond acceptors (Lipinski definition) is 2. The summed E-state index contributed by atoms with van der Waals surface area (Å²) in [6.07, 6.45) is 4.51. The normalized spacial score (nSPS) is 16.9. The highest BCUT2D eigenvalue weighted by Gasteiger charge is 2.33. The van der Waals surface area contributed by atoms with Crippen molar-refractivity contribution in [2.24, 2.45) is 5.41 Å². The van der Waals surface area contributed by atoms with Crippen LogP contribution < -0.4 is 10.1 Å². The van der Waals surface area contributed by atoms with E-state index in [0.717, 1.165) is 12.8 Å². The molecule has 1 aromatic rings. The molecular weight excluding hydrogens is 297 g/mol. The molecule has 5 heteroatoms. The predicted octanol–water partition coefficient (Wildman–Crippen LogP) is 3.88. The van der Waals surface area contributed by atoms with Crippen molar-refractivity contribution in [1.82, 2.24) is 5.32 Å². The minimum Gasteiger partial charge on any atom is -0.496 e. The van der Waals surface area contributed by atoms with Crippen LogP contribution in [0.5, 0.6) is 5.75 Å². The molecule has 3 nitrogen and oxygen atoms in total. The first-order valence-corrected chi connectivity index (χ1v) is 7.69. The molecule has 0 aromatic heterocycles. The van der Waals surface area contributed by atoms with Gasteiger partial charge >= 0.3 is 0 Å². The lowest BCUT2D eigenvalue weighted by Gasteiger charge is -2.26. The lowest BCUT2D eigenvalue weighted by atomic mass is 9.88. The Kier molecular flexibility index (Phi) is 5.17. The molecular formula is C15H19Cl2NO2. The van der Waals surface area contributed by atoms with Gasteiger partial charge in [-0.25, -0.2) is 0 Å². The van der Waals surface area contributed by atoms with Crippen molar-refractivity contribution in [3.63, 3.8) is 0 Å². The van der Waals surface area contributed by atoms with Crippen molar-refractivity contribution in [2.45, 2.75) is 25.7 Å². The minimum atomic E-state index is -0.166. The number of alkyl halides is 1. The second-order valence-corrected chi connectivity index (χ2v) is 6.07. The Balaban J connectivity index is 2.06. The molecule has 0 bridgehead atoms. The van der Waals surface area contributed by atoms with Gasteiger partial charge in [-0.05, 0) is 31.0 Å². The monoisotopic (exact) mass is 315 g/mol. The smallest absolute Gasteiger partial charge is 0.255 e. The minimum absolute atomic E-state index is 0.0447. The summed E-state index contributed by atoms with van der Waals surface area (Å²) < 4.78 is 5.20. The van der Waals surface area contributed by atoms with E-state index in [4.69, 9.17) is 27.9 Å². The predicted molar refractivity (Wildman–Crippen MR) is 82.0 cm³/mol. The first-order valence-electron chi connectivity index (χ1n) is 6.78. The van der Waals surface area contributed by atoms with Gasteiger partial charge in [-0.1, -0.05) is 24.4 Å². The van der Waals surface area contributed by atoms with Crippen molar-refractivity contribution in [2.75, 3.05) is 19.5 Å². The fraction of sp³-hybridized carbons (Fsp3) is 0.533. The summed E-state index contributed by atoms with van der Waals surface area (Å²) in [4.78, 5) is 12.3. The molecule has 0 radical (unpaired) electrons. The largest absolute Gasteiger partial charge is 0.496 e. The zero-order chi connectivity index (χ0) is 14.6. The standard InChI is InChI=1S/C15H19Cl2NO2/c1-20-13-5-4-11(17)8-12(13)14(19)18-10-15(9-16)6-2-3-7-15/h4-5,8H,2-3,6-7,9-10H2,1H3,(H,18,19). The number of methoxy groups -OCH3 is 1. The zero-order valence-corrected chi connectivity index (χ0v) is 13.1. The lowest BCUT2D eigenvalue weighted by molar-refractivity contribution is 0.0932. The van der Waals surface area contributed by atoms with E-state index >= 15 is 0 Å². The van der Waals surface area contributed by atoms with Gasteiger partial charge in [0.15, 0.2) is 0 Å². The highest BCUT2D eigenvalue weighted by Crippen LogP contribution is 2.38. The highest BCUT2D eigenvalue weighted by molar-refractivity contribution is 6.31. The summed E-state index contributed by atoms with van der Waals surface area (Å²) in [7, 11) is 1.54. The second kappa shape index (κ2) is 6.68. The number of amides is 1. The molecule has 1 amide bonds. The molecule has 1 saturated carbocycles. The van der Waals surface area contributed by atoms with E-state index < -0.39 is 0 Å². The Morgan fingerprint density at radius 1 is 1.40 bits per heavy atom. The Labute approximate surface area is 129 Å². The summed E-state index contributed by atoms with van der Waals surface area (Å²) in [5.74, 6) is 0.943. The average Bonchev–Trinajstić information content (AvgIpc) is 2.94. The first-order chi connectivity index (χ1) is 9.60. The Bertz CT molecular complexity index is 485. The van der Waals surface area contributed by atoms with Crippen LogP contribution in [0.2, 0.25) is 5.02 Å². The number of nitrogens with one attached hydrogen (secondary N) is 1. The Morgan fingerprint density at radius 2 is 2.10 bits per heavy atom. The van der Waals surface area contributed by atoms with Crippen LogP contribution in [-0.2, 0) is 0 Å². The van der Waals surface area contributed by atoms with Gasteiger partial charge in [0.2, 0.25) is 0 Å². The number of halogens is 2. The molecule has 0 unspecified atom stereocenters. The summed E-state index contributed by atoms with van der Waals surface area (Å²) in [5.41, 5.74) is 0.506. The number of hydrogen-bond donors (Lipinski definition) is 1. The average molecular weight is 316 g/mol. The van der Waals surface area contributed by atoms with E-state index in [9.17, 15) is 4.79 Å². The van der Waals surface area contributed by atoms with E-state index in [1.54, 1.807) is 18.2 Å². The van der Waals surface area contributed by atoms with Gasteiger partial charge in [0.25, 0.3) is 5.91 Å². The fourth-order valence-electron chi connectivity index (χ4n) is 2.70. The van der Waals surface area contributed by atoms with Gasteiger partial charge in [-0.15, -0.1) is 11.6 Å². The fourth-order valence-corrected chi connectivity index (χ4v) is 3.24. The van der Waals surface area contributed by atoms with Crippen LogP contribution in [0.3, 0.4) is 0 Å². The summed E-state index contributed by atoms with van der Waals surface area (Å²) in [6, 6.07) is 5.02. The molecule has 110 valence electrons. The quantitative estimate of drug-likeness (QED) is 0.837. The summed E-state index contributed by atoms with van der Waals surface area (Å²) >= 11 is 12.0. The third-order valence-electron chi connectivity index (χ3n) is 3.98. The Morgan fingerprint density at radius 3 is 2.70 bits per heavy atom. The first kappa shape index (κ1) is 15.5. The molecule has 1 N–H and O–H groups in total. The van der Waals surface area contributed by atoms with Crippen molar-refractivity contribution >= 4 is 29.1 Å². The van der Waals surface area contributed by atoms with Gasteiger partial charge in [0, 0.05) is 22.9 Å². The molecule has 0 atom stereocenters. The molecule has 1 fully saturated rings. The van der Waals surface area contributed by atoms with Crippen LogP contribution >= 0.6 is 23.2 Å². The van der Waals surface area contributed by atoms with Crippen molar-refractivity contribution in [3.8, 4) is 5.75 Å². The Hall–Kier alpha value is -0.930. The van der Waals surface area contributed by atoms with Gasteiger partial charge in [0.1, 0.15) is 5.75 Å². The molecule has 0 heterocycles. The molecule has 0 saturated heterocycles. The summed E-state index contributed by atoms with van der Waals surface area (Å²) in [5, 5.41) is 3.49. The molecule has 20 heavy (non-hydrogen) atoms. The van der Waals surface area contributed by atoms with Gasteiger partial charge < -0.3 is 10.1 Å². The second-order valence-electron chi connectivity index (χ2n) is 5.37. The van der Waals surface area contributed by atoms with Crippen LogP contribution in [0.1, 0.15) is 36.0 Å². The van der Waals surface area contributed by atoms with Crippen LogP contribution in [0.4, 0.5) is 0 Å². The maximum Gasteiger partial charge on any atom is 0.255 e. The van der Waals surface area contributed by atoms with Gasteiger partial charge in [-0.2, -0.15) is 0 Å². The van der Waals surface area contributed by atoms with E-state index in [2.05, 4.69) is 5.32 Å². The number of benzene rings is 1. The number of rotatable bonds is 5. The number of carbonyl (C=O) groups is 1. The molecule has 1 aliphatic rings. The maximum atomic E-state index is 12.3. The lowest BCUT2D eigenvalue weighted by Crippen LogP contribution is -2.37. The van der Waals surface area contributed by atoms with E-state index in [0.29, 0.717) is 28.8 Å². The van der Waals surface area contributed by atoms with Gasteiger partial charge in [0.05, 0.1) is 12.7 Å². The summed E-state index contributed by atoms with van der Waals surface area (Å²) in [6.45, 7) is 0.602. The molecule has 2 rings (SSSR count). The van der Waals surface area contributed by atoms with E-state index in [1.807, 2.05) is 0 Å². The van der Waals surface area contributed by atoms with Crippen LogP contribution in [-0.4, -0.2) is 25.4 Å². The highest BCUT2D eigenvalue weighted by atomic mass is 35.5. The van der Waals surface area contributed by atoms with Crippen LogP contribution in [0.25, 0.3) is 0 Å². The third-order valence-corrected chi connectivity index (χ3v) is 4.78. The van der Waals surface area contributed by atoms with E-state index in [-0.39, 0.29) is 11.3 Å². The van der Waals surface area contributed by atoms with Crippen molar-refractivity contribution < 1.29 is 9.53 Å². The molecule has 1 aromatic carbocycles. The van der Waals surface area contributed by atoms with Crippen molar-refractivity contribution in [3.05, 3.63) is 28.8 Å². The number of ether oxygens (including phenoxy) is 1. The third kappa shape index (κ3) is 3.39. The van der Waals surface area contributed by atoms with Gasteiger partial charge in [-0.3, -0.25) is 4.79 Å². The molecule has 0 aliphatic heterocycles. The van der Waals surface area contributed by atoms with Crippen molar-refractivity contribution in [1.29, 1.82) is 0 Å². The van der Waals surface area contributed by atoms with E-state index in [1.165, 1.54) is 20.0 Å². The maximum absolute atomic E-state index is 12.3. The zero-order valence-electron chi connectivity index (χ0n) is 11.5. The SMILES string of the molecule is COc1ccc(Cl)cc1C(=O)NCC1(CCl)CCCC1. The number of carbonyl (C=O) groups excluding carboxylic acids is 1. The van der Waals surface area contributed by atoms with Crippen LogP contribution in [0, 0.1) is 5.41 Å². The van der Waals surface area contributed by atoms with Crippen LogP contribution in [0.15, 0.2) is 18.2 Å². The molecule has 1 aliphatic carbocycles. The molecule has 0 spiro atoms. The topological polar surface area (TPSA) is 38.3 Å².